The lowest BCUT2D eigenvalue weighted by Gasteiger charge is -2.11. The Hall–Kier alpha value is -3.03. The van der Waals surface area contributed by atoms with Crippen molar-refractivity contribution in [3.63, 3.8) is 0 Å². The lowest BCUT2D eigenvalue weighted by Crippen LogP contribution is -2.37. The van der Waals surface area contributed by atoms with Crippen molar-refractivity contribution in [3.05, 3.63) is 38.5 Å². The number of carbonyl (C=O) groups is 1. The monoisotopic (exact) mass is 327 g/mol. The smallest absolute Gasteiger partial charge is 0.326 e. The summed E-state index contributed by atoms with van der Waals surface area (Å²) < 4.78 is 2.29. The SMILES string of the molecule is CCC(=O)Nc1cc2nc3c(nc2cc1C)c(=O)n(C)c(=O)n3C. The van der Waals surface area contributed by atoms with Gasteiger partial charge in [0.2, 0.25) is 5.91 Å². The van der Waals surface area contributed by atoms with Crippen molar-refractivity contribution in [3.8, 4) is 0 Å². The molecule has 2 heterocycles. The second-order valence-corrected chi connectivity index (χ2v) is 5.66. The molecule has 24 heavy (non-hydrogen) atoms. The minimum absolute atomic E-state index is 0.104. The Balaban J connectivity index is 2.36. The molecule has 1 aromatic carbocycles. The fourth-order valence-electron chi connectivity index (χ4n) is 2.51. The van der Waals surface area contributed by atoms with Gasteiger partial charge in [-0.2, -0.15) is 0 Å². The van der Waals surface area contributed by atoms with Gasteiger partial charge in [0.15, 0.2) is 11.2 Å². The molecule has 0 fully saturated rings. The third kappa shape index (κ3) is 2.36. The van der Waals surface area contributed by atoms with Gasteiger partial charge in [-0.15, -0.1) is 0 Å². The molecule has 0 radical (unpaired) electrons. The highest BCUT2D eigenvalue weighted by Crippen LogP contribution is 2.22. The Morgan fingerprint density at radius 1 is 1.12 bits per heavy atom. The van der Waals surface area contributed by atoms with Crippen LogP contribution in [0.25, 0.3) is 22.2 Å². The first-order chi connectivity index (χ1) is 11.3. The van der Waals surface area contributed by atoms with E-state index in [9.17, 15) is 14.4 Å². The number of nitrogens with zero attached hydrogens (tertiary/aromatic N) is 4. The van der Waals surface area contributed by atoms with Crippen LogP contribution in [0.1, 0.15) is 18.9 Å². The van der Waals surface area contributed by atoms with E-state index in [-0.39, 0.29) is 17.1 Å². The number of hydrogen-bond donors (Lipinski definition) is 1. The lowest BCUT2D eigenvalue weighted by molar-refractivity contribution is -0.115. The molecule has 8 heteroatoms. The maximum absolute atomic E-state index is 12.3. The van der Waals surface area contributed by atoms with Crippen LogP contribution in [0.3, 0.4) is 0 Å². The molecule has 3 aromatic rings. The van der Waals surface area contributed by atoms with Crippen molar-refractivity contribution < 1.29 is 4.79 Å². The number of amides is 1. The number of nitrogens with one attached hydrogen (secondary N) is 1. The van der Waals surface area contributed by atoms with Gasteiger partial charge in [-0.3, -0.25) is 18.7 Å². The van der Waals surface area contributed by atoms with Gasteiger partial charge >= 0.3 is 5.69 Å². The third-order valence-corrected chi connectivity index (χ3v) is 3.99. The zero-order valence-electron chi connectivity index (χ0n) is 13.9. The van der Waals surface area contributed by atoms with E-state index in [0.29, 0.717) is 23.1 Å². The number of carbonyl (C=O) groups excluding carboxylic acids is 1. The molecule has 1 N–H and O–H groups in total. The highest BCUT2D eigenvalue weighted by Gasteiger charge is 2.14. The first-order valence-electron chi connectivity index (χ1n) is 7.51. The van der Waals surface area contributed by atoms with Crippen LogP contribution in [-0.4, -0.2) is 25.0 Å². The average Bonchev–Trinajstić information content (AvgIpc) is 2.57. The van der Waals surface area contributed by atoms with Crippen LogP contribution in [0.5, 0.6) is 0 Å². The molecule has 0 atom stereocenters. The summed E-state index contributed by atoms with van der Waals surface area (Å²) in [6.45, 7) is 3.61. The van der Waals surface area contributed by atoms with Gasteiger partial charge in [0.25, 0.3) is 5.56 Å². The van der Waals surface area contributed by atoms with Crippen LogP contribution in [-0.2, 0) is 18.9 Å². The van der Waals surface area contributed by atoms with Crippen LogP contribution in [0.4, 0.5) is 5.69 Å². The number of fused-ring (bicyclic) bond motifs is 2. The number of aromatic nitrogens is 4. The molecule has 0 aliphatic carbocycles. The van der Waals surface area contributed by atoms with E-state index in [2.05, 4.69) is 15.3 Å². The molecule has 0 unspecified atom stereocenters. The molecule has 0 aliphatic heterocycles. The summed E-state index contributed by atoms with van der Waals surface area (Å²) in [5, 5.41) is 2.81. The van der Waals surface area contributed by atoms with Gasteiger partial charge in [0.1, 0.15) is 0 Å². The minimum Gasteiger partial charge on any atom is -0.326 e. The summed E-state index contributed by atoms with van der Waals surface area (Å²) in [6, 6.07) is 3.46. The van der Waals surface area contributed by atoms with Crippen molar-refractivity contribution in [2.75, 3.05) is 5.32 Å². The lowest BCUT2D eigenvalue weighted by atomic mass is 10.1. The van der Waals surface area contributed by atoms with Gasteiger partial charge in [-0.05, 0) is 24.6 Å². The second kappa shape index (κ2) is 5.55. The summed E-state index contributed by atoms with van der Waals surface area (Å²) >= 11 is 0. The van der Waals surface area contributed by atoms with Gasteiger partial charge < -0.3 is 5.32 Å². The van der Waals surface area contributed by atoms with Crippen molar-refractivity contribution >= 4 is 33.8 Å². The number of rotatable bonds is 2. The zero-order valence-corrected chi connectivity index (χ0v) is 13.9. The van der Waals surface area contributed by atoms with Gasteiger partial charge in [0.05, 0.1) is 11.0 Å². The number of benzene rings is 1. The van der Waals surface area contributed by atoms with Crippen LogP contribution in [0, 0.1) is 6.92 Å². The molecule has 0 saturated carbocycles. The quantitative estimate of drug-likeness (QED) is 0.703. The molecular weight excluding hydrogens is 310 g/mol. The molecule has 0 aliphatic rings. The number of hydrogen-bond acceptors (Lipinski definition) is 5. The third-order valence-electron chi connectivity index (χ3n) is 3.99. The van der Waals surface area contributed by atoms with E-state index in [0.717, 1.165) is 10.1 Å². The molecule has 0 spiro atoms. The maximum Gasteiger partial charge on any atom is 0.332 e. The summed E-state index contributed by atoms with van der Waals surface area (Å²) in [6.07, 6.45) is 0.366. The molecule has 8 nitrogen and oxygen atoms in total. The largest absolute Gasteiger partial charge is 0.332 e. The van der Waals surface area contributed by atoms with E-state index >= 15 is 0 Å². The van der Waals surface area contributed by atoms with Crippen molar-refractivity contribution in [2.45, 2.75) is 20.3 Å². The number of aryl methyl sites for hydroxylation is 2. The normalized spacial score (nSPS) is 11.2. The summed E-state index contributed by atoms with van der Waals surface area (Å²) in [4.78, 5) is 44.7. The molecule has 3 rings (SSSR count). The Morgan fingerprint density at radius 3 is 2.46 bits per heavy atom. The minimum atomic E-state index is -0.483. The van der Waals surface area contributed by atoms with Gasteiger partial charge in [0, 0.05) is 26.2 Å². The Morgan fingerprint density at radius 2 is 1.79 bits per heavy atom. The Kier molecular flexibility index (Phi) is 3.67. The Bertz CT molecular complexity index is 1110. The molecule has 0 saturated heterocycles. The topological polar surface area (TPSA) is 98.9 Å². The fourth-order valence-corrected chi connectivity index (χ4v) is 2.51. The highest BCUT2D eigenvalue weighted by molar-refractivity contribution is 5.95. The van der Waals surface area contributed by atoms with E-state index in [1.165, 1.54) is 11.6 Å². The maximum atomic E-state index is 12.3. The Labute approximate surface area is 136 Å². The molecule has 0 bridgehead atoms. The summed E-state index contributed by atoms with van der Waals surface area (Å²) in [5.41, 5.74) is 1.89. The van der Waals surface area contributed by atoms with Crippen molar-refractivity contribution in [1.29, 1.82) is 0 Å². The first kappa shape index (κ1) is 15.9. The van der Waals surface area contributed by atoms with Crippen LogP contribution < -0.4 is 16.6 Å². The van der Waals surface area contributed by atoms with Crippen LogP contribution >= 0.6 is 0 Å². The van der Waals surface area contributed by atoms with Crippen molar-refractivity contribution in [1.82, 2.24) is 19.1 Å². The predicted molar refractivity (Wildman–Crippen MR) is 91.2 cm³/mol. The van der Waals surface area contributed by atoms with Gasteiger partial charge in [-0.1, -0.05) is 6.92 Å². The summed E-state index contributed by atoms with van der Waals surface area (Å²) in [7, 11) is 2.95. The summed E-state index contributed by atoms with van der Waals surface area (Å²) in [5.74, 6) is -0.104. The first-order valence-corrected chi connectivity index (χ1v) is 7.51. The molecular formula is C16H17N5O3. The van der Waals surface area contributed by atoms with Crippen molar-refractivity contribution in [2.24, 2.45) is 14.1 Å². The van der Waals surface area contributed by atoms with Crippen LogP contribution in [0.2, 0.25) is 0 Å². The second-order valence-electron chi connectivity index (χ2n) is 5.66. The fraction of sp³-hybridized carbons (Fsp3) is 0.312. The van der Waals surface area contributed by atoms with E-state index in [4.69, 9.17) is 0 Å². The average molecular weight is 327 g/mol. The molecule has 2 aromatic heterocycles. The highest BCUT2D eigenvalue weighted by atomic mass is 16.2. The standard InChI is InChI=1S/C16H17N5O3/c1-5-12(22)17-9-7-11-10(6-8(9)2)18-13-14(19-11)20(3)16(24)21(4)15(13)23/h6-7H,5H2,1-4H3,(H,17,22). The van der Waals surface area contributed by atoms with Crippen LogP contribution in [0.15, 0.2) is 21.7 Å². The molecule has 1 amide bonds. The zero-order chi connectivity index (χ0) is 17.6. The number of anilines is 1. The van der Waals surface area contributed by atoms with E-state index in [1.807, 2.05) is 6.92 Å². The predicted octanol–water partition coefficient (Wildman–Crippen LogP) is 0.837. The molecule has 124 valence electrons. The van der Waals surface area contributed by atoms with E-state index in [1.54, 1.807) is 26.1 Å². The van der Waals surface area contributed by atoms with E-state index < -0.39 is 11.2 Å². The van der Waals surface area contributed by atoms with Gasteiger partial charge in [-0.25, -0.2) is 14.8 Å².